The van der Waals surface area contributed by atoms with Crippen LogP contribution in [0.25, 0.3) is 0 Å². The number of nitrogens with two attached hydrogens (primary N) is 1. The van der Waals surface area contributed by atoms with E-state index in [0.717, 1.165) is 25.9 Å². The van der Waals surface area contributed by atoms with Crippen molar-refractivity contribution in [2.45, 2.75) is 38.8 Å². The Balaban J connectivity index is 0.00000220. The second kappa shape index (κ2) is 9.93. The van der Waals surface area contributed by atoms with Crippen LogP contribution in [0.15, 0.2) is 30.3 Å². The number of anilines is 1. The lowest BCUT2D eigenvalue weighted by Crippen LogP contribution is -2.46. The van der Waals surface area contributed by atoms with E-state index in [9.17, 15) is 4.79 Å². The molecule has 2 rings (SSSR count). The molecule has 4 nitrogen and oxygen atoms in total. The first-order valence-corrected chi connectivity index (χ1v) is 7.42. The second-order valence-electron chi connectivity index (χ2n) is 6.01. The summed E-state index contributed by atoms with van der Waals surface area (Å²) in [6, 6.07) is 10.1. The zero-order valence-electron chi connectivity index (χ0n) is 13.2. The van der Waals surface area contributed by atoms with E-state index in [-0.39, 0.29) is 42.8 Å². The van der Waals surface area contributed by atoms with Crippen molar-refractivity contribution in [3.8, 4) is 0 Å². The van der Waals surface area contributed by atoms with Gasteiger partial charge < -0.3 is 16.0 Å². The van der Waals surface area contributed by atoms with E-state index in [1.54, 1.807) is 0 Å². The standard InChI is InChI=1S/C16H25N3O.2ClH/c1-12(2)10-15(17)16(20)18-13-8-9-19(11-13)14-6-4-3-5-7-14;;/h3-7,12-13,15H,8-11,17H2,1-2H3,(H,18,20);2*1H/t13?,15-;;/m0../s1. The van der Waals surface area contributed by atoms with Gasteiger partial charge in [0.15, 0.2) is 0 Å². The first kappa shape index (κ1) is 21.0. The molecule has 22 heavy (non-hydrogen) atoms. The van der Waals surface area contributed by atoms with Crippen molar-refractivity contribution in [1.82, 2.24) is 5.32 Å². The van der Waals surface area contributed by atoms with Crippen LogP contribution in [0.1, 0.15) is 26.7 Å². The lowest BCUT2D eigenvalue weighted by atomic mass is 10.0. The maximum atomic E-state index is 12.0. The molecule has 1 aromatic carbocycles. The Morgan fingerprint density at radius 2 is 1.95 bits per heavy atom. The van der Waals surface area contributed by atoms with E-state index >= 15 is 0 Å². The van der Waals surface area contributed by atoms with Gasteiger partial charge in [-0.25, -0.2) is 0 Å². The minimum absolute atomic E-state index is 0. The van der Waals surface area contributed by atoms with Gasteiger partial charge in [0, 0.05) is 24.8 Å². The normalized spacial score (nSPS) is 18.4. The number of benzene rings is 1. The third-order valence-electron chi connectivity index (χ3n) is 3.72. The zero-order valence-corrected chi connectivity index (χ0v) is 14.8. The van der Waals surface area contributed by atoms with Crippen molar-refractivity contribution in [3.63, 3.8) is 0 Å². The molecule has 1 fully saturated rings. The summed E-state index contributed by atoms with van der Waals surface area (Å²) in [5.74, 6) is 0.429. The van der Waals surface area contributed by atoms with Gasteiger partial charge in [-0.05, 0) is 30.9 Å². The number of carbonyl (C=O) groups is 1. The average molecular weight is 348 g/mol. The van der Waals surface area contributed by atoms with Gasteiger partial charge in [-0.3, -0.25) is 4.79 Å². The third kappa shape index (κ3) is 6.03. The Hall–Kier alpha value is -0.970. The zero-order chi connectivity index (χ0) is 14.5. The third-order valence-corrected chi connectivity index (χ3v) is 3.72. The van der Waals surface area contributed by atoms with Crippen LogP contribution in [0, 0.1) is 5.92 Å². The van der Waals surface area contributed by atoms with E-state index < -0.39 is 0 Å². The highest BCUT2D eigenvalue weighted by Gasteiger charge is 2.25. The monoisotopic (exact) mass is 347 g/mol. The van der Waals surface area contributed by atoms with E-state index in [1.165, 1.54) is 5.69 Å². The molecular formula is C16H27Cl2N3O. The van der Waals surface area contributed by atoms with Crippen LogP contribution >= 0.6 is 24.8 Å². The van der Waals surface area contributed by atoms with Crippen molar-refractivity contribution in [2.75, 3.05) is 18.0 Å². The molecule has 0 aliphatic carbocycles. The van der Waals surface area contributed by atoms with Crippen LogP contribution in [0.4, 0.5) is 5.69 Å². The van der Waals surface area contributed by atoms with E-state index in [4.69, 9.17) is 5.73 Å². The Morgan fingerprint density at radius 3 is 2.55 bits per heavy atom. The molecule has 0 saturated carbocycles. The fraction of sp³-hybridized carbons (Fsp3) is 0.562. The number of hydrogen-bond donors (Lipinski definition) is 2. The molecule has 0 bridgehead atoms. The number of nitrogens with zero attached hydrogens (tertiary/aromatic N) is 1. The van der Waals surface area contributed by atoms with E-state index in [0.29, 0.717) is 5.92 Å². The highest BCUT2D eigenvalue weighted by Crippen LogP contribution is 2.19. The molecule has 1 aromatic rings. The fourth-order valence-electron chi connectivity index (χ4n) is 2.67. The fourth-order valence-corrected chi connectivity index (χ4v) is 2.67. The second-order valence-corrected chi connectivity index (χ2v) is 6.01. The minimum atomic E-state index is -0.388. The molecule has 0 aromatic heterocycles. The first-order valence-electron chi connectivity index (χ1n) is 7.42. The first-order chi connectivity index (χ1) is 9.56. The van der Waals surface area contributed by atoms with Gasteiger partial charge in [0.05, 0.1) is 6.04 Å². The summed E-state index contributed by atoms with van der Waals surface area (Å²) < 4.78 is 0. The van der Waals surface area contributed by atoms with Crippen LogP contribution in [-0.2, 0) is 4.79 Å². The van der Waals surface area contributed by atoms with Crippen LogP contribution in [0.2, 0.25) is 0 Å². The van der Waals surface area contributed by atoms with Crippen molar-refractivity contribution in [3.05, 3.63) is 30.3 Å². The molecule has 1 amide bonds. The quantitative estimate of drug-likeness (QED) is 0.860. The summed E-state index contributed by atoms with van der Waals surface area (Å²) in [7, 11) is 0. The number of rotatable bonds is 5. The maximum Gasteiger partial charge on any atom is 0.237 e. The summed E-state index contributed by atoms with van der Waals surface area (Å²) in [4.78, 5) is 14.3. The summed E-state index contributed by atoms with van der Waals surface area (Å²) in [5.41, 5.74) is 7.13. The molecule has 1 aliphatic heterocycles. The summed E-state index contributed by atoms with van der Waals surface area (Å²) >= 11 is 0. The SMILES string of the molecule is CC(C)C[C@H](N)C(=O)NC1CCN(c2ccccc2)C1.Cl.Cl. The highest BCUT2D eigenvalue weighted by molar-refractivity contribution is 5.85. The minimum Gasteiger partial charge on any atom is -0.369 e. The molecule has 1 saturated heterocycles. The van der Waals surface area contributed by atoms with Gasteiger partial charge in [0.2, 0.25) is 5.91 Å². The summed E-state index contributed by atoms with van der Waals surface area (Å²) in [5, 5.41) is 3.08. The van der Waals surface area contributed by atoms with Crippen molar-refractivity contribution < 1.29 is 4.79 Å². The van der Waals surface area contributed by atoms with Gasteiger partial charge in [0.1, 0.15) is 0 Å². The number of amides is 1. The number of halogens is 2. The molecule has 2 atom stereocenters. The number of para-hydroxylation sites is 1. The smallest absolute Gasteiger partial charge is 0.237 e. The Morgan fingerprint density at radius 1 is 1.32 bits per heavy atom. The molecule has 0 spiro atoms. The lowest BCUT2D eigenvalue weighted by molar-refractivity contribution is -0.123. The summed E-state index contributed by atoms with van der Waals surface area (Å²) in [6.07, 6.45) is 1.72. The van der Waals surface area contributed by atoms with Crippen molar-refractivity contribution in [1.29, 1.82) is 0 Å². The molecule has 1 heterocycles. The maximum absolute atomic E-state index is 12.0. The predicted molar refractivity (Wildman–Crippen MR) is 97.1 cm³/mol. The van der Waals surface area contributed by atoms with Gasteiger partial charge in [-0.2, -0.15) is 0 Å². The molecule has 0 radical (unpaired) electrons. The Kier molecular flexibility index (Phi) is 9.49. The molecule has 126 valence electrons. The molecule has 3 N–H and O–H groups in total. The summed E-state index contributed by atoms with van der Waals surface area (Å²) in [6.45, 7) is 6.01. The predicted octanol–water partition coefficient (Wildman–Crippen LogP) is 2.60. The average Bonchev–Trinajstić information content (AvgIpc) is 2.87. The Labute approximate surface area is 145 Å². The number of carbonyl (C=O) groups excluding carboxylic acids is 1. The molecule has 6 heteroatoms. The van der Waals surface area contributed by atoms with Gasteiger partial charge >= 0.3 is 0 Å². The van der Waals surface area contributed by atoms with Crippen LogP contribution in [0.3, 0.4) is 0 Å². The van der Waals surface area contributed by atoms with Gasteiger partial charge in [0.25, 0.3) is 0 Å². The van der Waals surface area contributed by atoms with Gasteiger partial charge in [-0.15, -0.1) is 24.8 Å². The topological polar surface area (TPSA) is 58.4 Å². The molecular weight excluding hydrogens is 321 g/mol. The van der Waals surface area contributed by atoms with Crippen LogP contribution in [0.5, 0.6) is 0 Å². The van der Waals surface area contributed by atoms with Crippen LogP contribution in [-0.4, -0.2) is 31.1 Å². The number of hydrogen-bond acceptors (Lipinski definition) is 3. The highest BCUT2D eigenvalue weighted by atomic mass is 35.5. The van der Waals surface area contributed by atoms with E-state index in [2.05, 4.69) is 36.2 Å². The van der Waals surface area contributed by atoms with Gasteiger partial charge in [-0.1, -0.05) is 32.0 Å². The van der Waals surface area contributed by atoms with Crippen molar-refractivity contribution >= 4 is 36.4 Å². The number of nitrogens with one attached hydrogen (secondary N) is 1. The largest absolute Gasteiger partial charge is 0.369 e. The molecule has 1 aliphatic rings. The molecule has 1 unspecified atom stereocenters. The van der Waals surface area contributed by atoms with E-state index in [1.807, 2.05) is 18.2 Å². The Bertz CT molecular complexity index is 442. The van der Waals surface area contributed by atoms with Crippen LogP contribution < -0.4 is 16.0 Å². The van der Waals surface area contributed by atoms with Crippen molar-refractivity contribution in [2.24, 2.45) is 11.7 Å². The lowest BCUT2D eigenvalue weighted by Gasteiger charge is -2.20.